The van der Waals surface area contributed by atoms with Gasteiger partial charge in [0.25, 0.3) is 5.91 Å². The Hall–Kier alpha value is -1.92. The van der Waals surface area contributed by atoms with Crippen LogP contribution in [-0.4, -0.2) is 16.8 Å². The van der Waals surface area contributed by atoms with Crippen LogP contribution < -0.4 is 10.1 Å². The second kappa shape index (κ2) is 10.3. The molecule has 1 saturated heterocycles. The van der Waals surface area contributed by atoms with Gasteiger partial charge >= 0.3 is 6.03 Å². The van der Waals surface area contributed by atoms with Gasteiger partial charge < -0.3 is 10.1 Å². The molecule has 0 aliphatic carbocycles. The van der Waals surface area contributed by atoms with Crippen LogP contribution in [0.15, 0.2) is 76.9 Å². The second-order valence-corrected chi connectivity index (χ2v) is 10.3. The number of urea groups is 1. The molecular weight excluding hydrogens is 698 g/mol. The first kappa shape index (κ1) is 23.2. The molecule has 0 radical (unpaired) electrons. The maximum Gasteiger partial charge on any atom is 0.329 e. The second-order valence-electron chi connectivity index (χ2n) is 7.09. The van der Waals surface area contributed by atoms with Crippen LogP contribution in [-0.2, 0) is 17.9 Å². The van der Waals surface area contributed by atoms with Gasteiger partial charge in [0.15, 0.2) is 0 Å². The number of nitrogens with one attached hydrogen (secondary N) is 1. The van der Waals surface area contributed by atoms with Crippen LogP contribution in [0.5, 0.6) is 5.75 Å². The van der Waals surface area contributed by atoms with Gasteiger partial charge in [0.2, 0.25) is 0 Å². The number of imide groups is 1. The van der Waals surface area contributed by atoms with Crippen LogP contribution >= 0.6 is 61.1 Å². The molecule has 4 rings (SSSR count). The predicted molar refractivity (Wildman–Crippen MR) is 144 cm³/mol. The van der Waals surface area contributed by atoms with E-state index in [0.29, 0.717) is 6.61 Å². The molecule has 162 valence electrons. The minimum absolute atomic E-state index is 0.237. The number of halogens is 3. The molecule has 8 heteroatoms. The van der Waals surface area contributed by atoms with Crippen LogP contribution in [0.3, 0.4) is 0 Å². The number of amides is 3. The lowest BCUT2D eigenvalue weighted by atomic mass is 10.1. The highest BCUT2D eigenvalue weighted by Crippen LogP contribution is 2.31. The Morgan fingerprint density at radius 2 is 1.59 bits per heavy atom. The minimum Gasteiger partial charge on any atom is -0.487 e. The van der Waals surface area contributed by atoms with Gasteiger partial charge in [-0.2, -0.15) is 0 Å². The highest BCUT2D eigenvalue weighted by Gasteiger charge is 2.33. The topological polar surface area (TPSA) is 58.6 Å². The maximum atomic E-state index is 12.8. The predicted octanol–water partition coefficient (Wildman–Crippen LogP) is 6.33. The van der Waals surface area contributed by atoms with Gasteiger partial charge in [-0.1, -0.05) is 58.4 Å². The average Bonchev–Trinajstić information content (AvgIpc) is 3.02. The van der Waals surface area contributed by atoms with Crippen LogP contribution in [0.1, 0.15) is 16.7 Å². The zero-order chi connectivity index (χ0) is 22.7. The Bertz CT molecular complexity index is 1170. The van der Waals surface area contributed by atoms with Crippen LogP contribution in [0.2, 0.25) is 0 Å². The standard InChI is InChI=1S/C24H17BrI2N2O3/c25-18-8-6-16(7-9-18)14-32-22-19(26)10-17(11-20(22)27)12-21-23(30)29(24(31)28-21)13-15-4-2-1-3-5-15/h1-12H,13-14H2,(H,28,31)/b21-12+. The lowest BCUT2D eigenvalue weighted by Gasteiger charge is -2.12. The van der Waals surface area contributed by atoms with Gasteiger partial charge in [-0.3, -0.25) is 9.69 Å². The summed E-state index contributed by atoms with van der Waals surface area (Å²) in [6, 6.07) is 20.9. The third kappa shape index (κ3) is 5.52. The van der Waals surface area contributed by atoms with Crippen molar-refractivity contribution in [2.75, 3.05) is 0 Å². The first-order chi connectivity index (χ1) is 15.4. The van der Waals surface area contributed by atoms with Crippen molar-refractivity contribution >= 4 is 79.1 Å². The largest absolute Gasteiger partial charge is 0.487 e. The van der Waals surface area contributed by atoms with Crippen LogP contribution in [0, 0.1) is 7.14 Å². The molecular formula is C24H17BrI2N2O3. The van der Waals surface area contributed by atoms with Gasteiger partial charge in [-0.25, -0.2) is 4.79 Å². The first-order valence-electron chi connectivity index (χ1n) is 9.65. The van der Waals surface area contributed by atoms with Crippen LogP contribution in [0.25, 0.3) is 6.08 Å². The maximum absolute atomic E-state index is 12.8. The fraction of sp³-hybridized carbons (Fsp3) is 0.0833. The van der Waals surface area contributed by atoms with Crippen molar-refractivity contribution in [3.8, 4) is 5.75 Å². The molecule has 1 aliphatic heterocycles. The summed E-state index contributed by atoms with van der Waals surface area (Å²) >= 11 is 7.89. The number of carbonyl (C=O) groups excluding carboxylic acids is 2. The normalized spacial score (nSPS) is 14.7. The summed E-state index contributed by atoms with van der Waals surface area (Å²) in [4.78, 5) is 26.3. The Balaban J connectivity index is 1.49. The smallest absolute Gasteiger partial charge is 0.329 e. The zero-order valence-electron chi connectivity index (χ0n) is 16.6. The van der Waals surface area contributed by atoms with E-state index >= 15 is 0 Å². The molecule has 3 aromatic rings. The summed E-state index contributed by atoms with van der Waals surface area (Å²) in [5, 5.41) is 2.69. The number of carbonyl (C=O) groups is 2. The lowest BCUT2D eigenvalue weighted by Crippen LogP contribution is -2.30. The third-order valence-electron chi connectivity index (χ3n) is 4.77. The van der Waals surface area contributed by atoms with Crippen molar-refractivity contribution in [2.24, 2.45) is 0 Å². The van der Waals surface area contributed by atoms with Gasteiger partial charge in [-0.05, 0) is 92.2 Å². The van der Waals surface area contributed by atoms with E-state index in [9.17, 15) is 9.59 Å². The van der Waals surface area contributed by atoms with Crippen molar-refractivity contribution in [3.05, 3.63) is 101 Å². The monoisotopic (exact) mass is 714 g/mol. The first-order valence-corrected chi connectivity index (χ1v) is 12.6. The SMILES string of the molecule is O=C1N/C(=C/c2cc(I)c(OCc3ccc(Br)cc3)c(I)c2)C(=O)N1Cc1ccccc1. The van der Waals surface area contributed by atoms with E-state index in [4.69, 9.17) is 4.74 Å². The van der Waals surface area contributed by atoms with Crippen molar-refractivity contribution in [1.82, 2.24) is 10.2 Å². The molecule has 0 bridgehead atoms. The molecule has 3 amide bonds. The molecule has 1 fully saturated rings. The molecule has 0 atom stereocenters. The molecule has 0 spiro atoms. The number of hydrogen-bond donors (Lipinski definition) is 1. The highest BCUT2D eigenvalue weighted by atomic mass is 127. The summed E-state index contributed by atoms with van der Waals surface area (Å²) in [6.45, 7) is 0.698. The molecule has 0 aromatic heterocycles. The number of ether oxygens (including phenoxy) is 1. The summed E-state index contributed by atoms with van der Waals surface area (Å²) in [7, 11) is 0. The molecule has 32 heavy (non-hydrogen) atoms. The number of rotatable bonds is 6. The quantitative estimate of drug-likeness (QED) is 0.185. The zero-order valence-corrected chi connectivity index (χ0v) is 22.5. The van der Waals surface area contributed by atoms with E-state index in [1.807, 2.05) is 66.7 Å². The van der Waals surface area contributed by atoms with Gasteiger partial charge in [0.1, 0.15) is 18.1 Å². The minimum atomic E-state index is -0.413. The molecule has 1 aliphatic rings. The van der Waals surface area contributed by atoms with Crippen molar-refractivity contribution in [3.63, 3.8) is 0 Å². The van der Waals surface area contributed by atoms with E-state index in [1.54, 1.807) is 6.08 Å². The fourth-order valence-electron chi connectivity index (χ4n) is 3.18. The Labute approximate surface area is 221 Å². The van der Waals surface area contributed by atoms with Crippen molar-refractivity contribution < 1.29 is 14.3 Å². The van der Waals surface area contributed by atoms with Gasteiger partial charge in [0, 0.05) is 4.47 Å². The molecule has 0 unspecified atom stereocenters. The summed E-state index contributed by atoms with van der Waals surface area (Å²) < 4.78 is 8.93. The molecule has 0 saturated carbocycles. The molecule has 1 heterocycles. The summed E-state index contributed by atoms with van der Waals surface area (Å²) in [5.41, 5.74) is 3.05. The Morgan fingerprint density at radius 3 is 2.25 bits per heavy atom. The number of hydrogen-bond acceptors (Lipinski definition) is 3. The van der Waals surface area contributed by atoms with Gasteiger partial charge in [-0.15, -0.1) is 0 Å². The Morgan fingerprint density at radius 1 is 0.938 bits per heavy atom. The van der Waals surface area contributed by atoms with E-state index in [-0.39, 0.29) is 18.1 Å². The lowest BCUT2D eigenvalue weighted by molar-refractivity contribution is -0.123. The molecule has 1 N–H and O–H groups in total. The number of nitrogens with zero attached hydrogens (tertiary/aromatic N) is 1. The van der Waals surface area contributed by atoms with E-state index < -0.39 is 6.03 Å². The summed E-state index contributed by atoms with van der Waals surface area (Å²) in [6.07, 6.45) is 1.70. The Kier molecular flexibility index (Phi) is 7.51. The molecule has 3 aromatic carbocycles. The average molecular weight is 715 g/mol. The van der Waals surface area contributed by atoms with E-state index in [1.165, 1.54) is 4.90 Å². The fourth-order valence-corrected chi connectivity index (χ4v) is 5.58. The van der Waals surface area contributed by atoms with Crippen molar-refractivity contribution in [1.29, 1.82) is 0 Å². The van der Waals surface area contributed by atoms with Gasteiger partial charge in [0.05, 0.1) is 13.7 Å². The van der Waals surface area contributed by atoms with E-state index in [2.05, 4.69) is 66.4 Å². The summed E-state index contributed by atoms with van der Waals surface area (Å²) in [5.74, 6) is 0.461. The molecule has 5 nitrogen and oxygen atoms in total. The van der Waals surface area contributed by atoms with Crippen LogP contribution in [0.4, 0.5) is 4.79 Å². The third-order valence-corrected chi connectivity index (χ3v) is 6.91. The number of benzene rings is 3. The van der Waals surface area contributed by atoms with E-state index in [0.717, 1.165) is 34.1 Å². The highest BCUT2D eigenvalue weighted by molar-refractivity contribution is 14.1. The van der Waals surface area contributed by atoms with Crippen molar-refractivity contribution in [2.45, 2.75) is 13.2 Å².